The van der Waals surface area contributed by atoms with Gasteiger partial charge in [-0.1, -0.05) is 30.9 Å². The zero-order chi connectivity index (χ0) is 17.2. The van der Waals surface area contributed by atoms with Crippen molar-refractivity contribution < 1.29 is 0 Å². The molecule has 0 saturated heterocycles. The summed E-state index contributed by atoms with van der Waals surface area (Å²) in [5.41, 5.74) is 3.22. The van der Waals surface area contributed by atoms with E-state index in [1.54, 1.807) is 0 Å². The van der Waals surface area contributed by atoms with E-state index in [4.69, 9.17) is 21.6 Å². The third-order valence-electron chi connectivity index (χ3n) is 5.11. The van der Waals surface area contributed by atoms with Gasteiger partial charge in [-0.15, -0.1) is 0 Å². The van der Waals surface area contributed by atoms with Gasteiger partial charge in [-0.05, 0) is 56.4 Å². The second-order valence-electron chi connectivity index (χ2n) is 7.34. The summed E-state index contributed by atoms with van der Waals surface area (Å²) in [5.74, 6) is 2.23. The number of aromatic nitrogens is 2. The van der Waals surface area contributed by atoms with E-state index in [9.17, 15) is 0 Å². The molecule has 25 heavy (non-hydrogen) atoms. The quantitative estimate of drug-likeness (QED) is 0.710. The van der Waals surface area contributed by atoms with Crippen LogP contribution in [0.1, 0.15) is 62.1 Å². The van der Waals surface area contributed by atoms with Crippen LogP contribution in [0.25, 0.3) is 0 Å². The van der Waals surface area contributed by atoms with E-state index in [0.29, 0.717) is 12.0 Å². The Morgan fingerprint density at radius 1 is 1.00 bits per heavy atom. The van der Waals surface area contributed by atoms with Crippen molar-refractivity contribution in [1.82, 2.24) is 9.97 Å². The van der Waals surface area contributed by atoms with Crippen LogP contribution < -0.4 is 10.6 Å². The Kier molecular flexibility index (Phi) is 4.80. The summed E-state index contributed by atoms with van der Waals surface area (Å²) >= 11 is 6.13. The third kappa shape index (κ3) is 4.24. The smallest absolute Gasteiger partial charge is 0.225 e. The predicted octanol–water partition coefficient (Wildman–Crippen LogP) is 5.80. The number of nitrogens with one attached hydrogen (secondary N) is 2. The fourth-order valence-electron chi connectivity index (χ4n) is 3.48. The highest BCUT2D eigenvalue weighted by atomic mass is 35.5. The standard InChI is InChI=1S/C20H25ClN4/c1-13-11-16(9-10-17(13)21)22-19-12-18(14-7-8-14)24-20(25-19)23-15-5-3-2-4-6-15/h9-12,14-15H,2-8H2,1H3,(H2,22,23,24,25). The molecule has 0 radical (unpaired) electrons. The lowest BCUT2D eigenvalue weighted by atomic mass is 9.96. The van der Waals surface area contributed by atoms with Crippen molar-refractivity contribution in [3.8, 4) is 0 Å². The second-order valence-corrected chi connectivity index (χ2v) is 7.75. The molecule has 0 spiro atoms. The maximum absolute atomic E-state index is 6.13. The summed E-state index contributed by atoms with van der Waals surface area (Å²) in [5, 5.41) is 7.77. The van der Waals surface area contributed by atoms with Crippen LogP contribution in [-0.4, -0.2) is 16.0 Å². The molecule has 2 aromatic rings. The molecule has 0 atom stereocenters. The first kappa shape index (κ1) is 16.6. The molecule has 2 aliphatic carbocycles. The van der Waals surface area contributed by atoms with Gasteiger partial charge in [0.2, 0.25) is 5.95 Å². The Morgan fingerprint density at radius 3 is 2.52 bits per heavy atom. The van der Waals surface area contributed by atoms with Crippen molar-refractivity contribution in [2.75, 3.05) is 10.6 Å². The van der Waals surface area contributed by atoms with Crippen LogP contribution in [0.2, 0.25) is 5.02 Å². The SMILES string of the molecule is Cc1cc(Nc2cc(C3CC3)nc(NC3CCCCC3)n2)ccc1Cl. The van der Waals surface area contributed by atoms with E-state index in [2.05, 4.69) is 22.8 Å². The van der Waals surface area contributed by atoms with Crippen molar-refractivity contribution in [2.45, 2.75) is 63.8 Å². The molecule has 2 N–H and O–H groups in total. The molecule has 2 saturated carbocycles. The first-order chi connectivity index (χ1) is 12.2. The normalized spacial score (nSPS) is 18.2. The molecule has 1 aromatic carbocycles. The summed E-state index contributed by atoms with van der Waals surface area (Å²) in [6, 6.07) is 8.56. The Bertz CT molecular complexity index is 751. The molecule has 5 heteroatoms. The highest BCUT2D eigenvalue weighted by Gasteiger charge is 2.26. The number of rotatable bonds is 5. The van der Waals surface area contributed by atoms with E-state index in [0.717, 1.165) is 33.7 Å². The molecule has 0 bridgehead atoms. The lowest BCUT2D eigenvalue weighted by molar-refractivity contribution is 0.460. The van der Waals surface area contributed by atoms with Crippen molar-refractivity contribution >= 4 is 29.1 Å². The number of hydrogen-bond donors (Lipinski definition) is 2. The Balaban J connectivity index is 1.56. The van der Waals surface area contributed by atoms with Crippen molar-refractivity contribution in [1.29, 1.82) is 0 Å². The first-order valence-electron chi connectivity index (χ1n) is 9.36. The average Bonchev–Trinajstić information content (AvgIpc) is 3.44. The number of halogens is 1. The van der Waals surface area contributed by atoms with Crippen LogP contribution in [-0.2, 0) is 0 Å². The molecule has 2 fully saturated rings. The number of aryl methyl sites for hydroxylation is 1. The van der Waals surface area contributed by atoms with Crippen molar-refractivity contribution in [3.05, 3.63) is 40.5 Å². The molecule has 4 rings (SSSR count). The van der Waals surface area contributed by atoms with Crippen LogP contribution in [0.15, 0.2) is 24.3 Å². The minimum absolute atomic E-state index is 0.508. The number of benzene rings is 1. The number of hydrogen-bond acceptors (Lipinski definition) is 4. The minimum Gasteiger partial charge on any atom is -0.351 e. The molecule has 0 amide bonds. The fraction of sp³-hybridized carbons (Fsp3) is 0.500. The molecule has 0 aliphatic heterocycles. The van der Waals surface area contributed by atoms with Gasteiger partial charge in [0.1, 0.15) is 5.82 Å². The van der Waals surface area contributed by atoms with E-state index in [-0.39, 0.29) is 0 Å². The van der Waals surface area contributed by atoms with Gasteiger partial charge in [0.25, 0.3) is 0 Å². The Labute approximate surface area is 154 Å². The van der Waals surface area contributed by atoms with Crippen LogP contribution in [0.4, 0.5) is 17.5 Å². The zero-order valence-electron chi connectivity index (χ0n) is 14.7. The van der Waals surface area contributed by atoms with Gasteiger partial charge in [-0.2, -0.15) is 4.98 Å². The van der Waals surface area contributed by atoms with Gasteiger partial charge in [0.15, 0.2) is 0 Å². The van der Waals surface area contributed by atoms with Gasteiger partial charge in [0, 0.05) is 28.7 Å². The van der Waals surface area contributed by atoms with Crippen LogP contribution in [0.3, 0.4) is 0 Å². The summed E-state index contributed by atoms with van der Waals surface area (Å²) < 4.78 is 0. The maximum atomic E-state index is 6.13. The molecular formula is C20H25ClN4. The highest BCUT2D eigenvalue weighted by molar-refractivity contribution is 6.31. The van der Waals surface area contributed by atoms with Crippen LogP contribution in [0.5, 0.6) is 0 Å². The van der Waals surface area contributed by atoms with Gasteiger partial charge in [0.05, 0.1) is 5.69 Å². The maximum Gasteiger partial charge on any atom is 0.225 e. The molecule has 4 nitrogen and oxygen atoms in total. The molecule has 132 valence electrons. The number of nitrogens with zero attached hydrogens (tertiary/aromatic N) is 2. The topological polar surface area (TPSA) is 49.8 Å². The number of anilines is 3. The van der Waals surface area contributed by atoms with Gasteiger partial charge >= 0.3 is 0 Å². The second kappa shape index (κ2) is 7.20. The van der Waals surface area contributed by atoms with Gasteiger partial charge in [-0.25, -0.2) is 4.98 Å². The Hall–Kier alpha value is -1.81. The lowest BCUT2D eigenvalue weighted by Gasteiger charge is -2.23. The zero-order valence-corrected chi connectivity index (χ0v) is 15.4. The molecule has 0 unspecified atom stereocenters. The largest absolute Gasteiger partial charge is 0.351 e. The summed E-state index contributed by atoms with van der Waals surface area (Å²) in [7, 11) is 0. The summed E-state index contributed by atoms with van der Waals surface area (Å²) in [4.78, 5) is 9.50. The van der Waals surface area contributed by atoms with E-state index >= 15 is 0 Å². The molecule has 1 aromatic heterocycles. The van der Waals surface area contributed by atoms with Gasteiger partial charge < -0.3 is 10.6 Å². The Morgan fingerprint density at radius 2 is 1.80 bits per heavy atom. The lowest BCUT2D eigenvalue weighted by Crippen LogP contribution is -2.23. The fourth-order valence-corrected chi connectivity index (χ4v) is 3.60. The van der Waals surface area contributed by atoms with Gasteiger partial charge in [-0.3, -0.25) is 0 Å². The van der Waals surface area contributed by atoms with Crippen molar-refractivity contribution in [2.24, 2.45) is 0 Å². The average molecular weight is 357 g/mol. The van der Waals surface area contributed by atoms with E-state index < -0.39 is 0 Å². The summed E-state index contributed by atoms with van der Waals surface area (Å²) in [6.45, 7) is 2.01. The van der Waals surface area contributed by atoms with E-state index in [1.807, 2.05) is 19.1 Å². The third-order valence-corrected chi connectivity index (χ3v) is 5.53. The highest BCUT2D eigenvalue weighted by Crippen LogP contribution is 2.40. The van der Waals surface area contributed by atoms with Crippen LogP contribution >= 0.6 is 11.6 Å². The minimum atomic E-state index is 0.508. The molecule has 2 aliphatic rings. The van der Waals surface area contributed by atoms with Crippen LogP contribution in [0, 0.1) is 6.92 Å². The molecular weight excluding hydrogens is 332 g/mol. The predicted molar refractivity (Wildman–Crippen MR) is 104 cm³/mol. The first-order valence-corrected chi connectivity index (χ1v) is 9.74. The monoisotopic (exact) mass is 356 g/mol. The van der Waals surface area contributed by atoms with E-state index in [1.165, 1.54) is 44.9 Å². The summed E-state index contributed by atoms with van der Waals surface area (Å²) in [6.07, 6.45) is 8.86. The molecule has 1 heterocycles. The van der Waals surface area contributed by atoms with Crippen molar-refractivity contribution in [3.63, 3.8) is 0 Å².